The Bertz CT molecular complexity index is 1040. The van der Waals surface area contributed by atoms with Gasteiger partial charge in [-0.25, -0.2) is 9.97 Å². The molecule has 0 bridgehead atoms. The monoisotopic (exact) mass is 391 g/mol. The molecule has 0 saturated carbocycles. The maximum atomic E-state index is 12.6. The molecule has 0 aliphatic heterocycles. The molecule has 9 nitrogen and oxygen atoms in total. The van der Waals surface area contributed by atoms with Crippen LogP contribution in [0.5, 0.6) is 0 Å². The number of amides is 2. The van der Waals surface area contributed by atoms with Crippen molar-refractivity contribution in [2.75, 3.05) is 10.6 Å². The van der Waals surface area contributed by atoms with Gasteiger partial charge in [0.15, 0.2) is 0 Å². The zero-order chi connectivity index (χ0) is 21.0. The van der Waals surface area contributed by atoms with Crippen LogP contribution in [0.1, 0.15) is 31.8 Å². The first-order chi connectivity index (χ1) is 13.8. The third-order valence-electron chi connectivity index (χ3n) is 3.97. The number of aromatic nitrogens is 2. The highest BCUT2D eigenvalue weighted by atomic mass is 16.6. The lowest BCUT2D eigenvalue weighted by molar-refractivity contribution is -0.384. The molecule has 0 spiro atoms. The summed E-state index contributed by atoms with van der Waals surface area (Å²) in [5.41, 5.74) is 1.33. The van der Waals surface area contributed by atoms with Crippen LogP contribution < -0.4 is 10.6 Å². The highest BCUT2D eigenvalue weighted by Crippen LogP contribution is 2.20. The average molecular weight is 391 g/mol. The molecule has 9 heteroatoms. The minimum atomic E-state index is -0.663. The molecule has 0 radical (unpaired) electrons. The predicted octanol–water partition coefficient (Wildman–Crippen LogP) is 3.51. The minimum Gasteiger partial charge on any atom is -0.307 e. The Morgan fingerprint density at radius 2 is 1.28 bits per heavy atom. The molecule has 2 heterocycles. The number of pyridine rings is 2. The van der Waals surface area contributed by atoms with E-state index in [1.165, 1.54) is 18.5 Å². The first-order valence-electron chi connectivity index (χ1n) is 8.59. The summed E-state index contributed by atoms with van der Waals surface area (Å²) in [6.07, 6.45) is 3.07. The van der Waals surface area contributed by atoms with Crippen LogP contribution in [0, 0.1) is 24.0 Å². The van der Waals surface area contributed by atoms with Crippen molar-refractivity contribution in [3.63, 3.8) is 0 Å². The first kappa shape index (κ1) is 19.6. The van der Waals surface area contributed by atoms with Crippen molar-refractivity contribution < 1.29 is 14.5 Å². The third kappa shape index (κ3) is 4.98. The Morgan fingerprint density at radius 3 is 1.66 bits per heavy atom. The molecule has 0 fully saturated rings. The van der Waals surface area contributed by atoms with Gasteiger partial charge in [-0.15, -0.1) is 0 Å². The Balaban J connectivity index is 1.90. The van der Waals surface area contributed by atoms with Crippen molar-refractivity contribution in [3.05, 3.63) is 87.2 Å². The molecule has 2 N–H and O–H groups in total. The predicted molar refractivity (Wildman–Crippen MR) is 107 cm³/mol. The molecule has 146 valence electrons. The Morgan fingerprint density at radius 1 is 0.828 bits per heavy atom. The number of rotatable bonds is 5. The second-order valence-electron chi connectivity index (χ2n) is 6.37. The number of carbonyl (C=O) groups excluding carboxylic acids is 2. The van der Waals surface area contributed by atoms with Gasteiger partial charge in [-0.1, -0.05) is 0 Å². The van der Waals surface area contributed by atoms with Gasteiger partial charge in [0.1, 0.15) is 11.6 Å². The van der Waals surface area contributed by atoms with Crippen molar-refractivity contribution in [1.29, 1.82) is 0 Å². The third-order valence-corrected chi connectivity index (χ3v) is 3.97. The zero-order valence-corrected chi connectivity index (χ0v) is 15.7. The van der Waals surface area contributed by atoms with Crippen molar-refractivity contribution in [2.24, 2.45) is 0 Å². The lowest BCUT2D eigenvalue weighted by atomic mass is 10.1. The molecular weight excluding hydrogens is 374 g/mol. The van der Waals surface area contributed by atoms with Crippen LogP contribution in [0.3, 0.4) is 0 Å². The average Bonchev–Trinajstić information content (AvgIpc) is 2.67. The van der Waals surface area contributed by atoms with Gasteiger partial charge in [0.25, 0.3) is 17.5 Å². The van der Waals surface area contributed by atoms with Gasteiger partial charge in [0.2, 0.25) is 0 Å². The number of carbonyl (C=O) groups is 2. The summed E-state index contributed by atoms with van der Waals surface area (Å²) in [5.74, 6) is -0.628. The van der Waals surface area contributed by atoms with Gasteiger partial charge < -0.3 is 10.6 Å². The highest BCUT2D eigenvalue weighted by Gasteiger charge is 2.19. The van der Waals surface area contributed by atoms with E-state index in [4.69, 9.17) is 0 Å². The van der Waals surface area contributed by atoms with Crippen LogP contribution >= 0.6 is 0 Å². The largest absolute Gasteiger partial charge is 0.307 e. The van der Waals surface area contributed by atoms with Crippen LogP contribution in [-0.4, -0.2) is 26.7 Å². The van der Waals surface area contributed by atoms with Crippen molar-refractivity contribution in [3.8, 4) is 0 Å². The van der Waals surface area contributed by atoms with Crippen LogP contribution in [0.25, 0.3) is 0 Å². The fourth-order valence-electron chi connectivity index (χ4n) is 2.56. The lowest BCUT2D eigenvalue weighted by Crippen LogP contribution is -2.17. The molecule has 0 saturated heterocycles. The molecule has 2 amide bonds. The maximum Gasteiger partial charge on any atom is 0.271 e. The summed E-state index contributed by atoms with van der Waals surface area (Å²) >= 11 is 0. The summed E-state index contributed by atoms with van der Waals surface area (Å²) < 4.78 is 0. The van der Waals surface area contributed by atoms with E-state index in [1.54, 1.807) is 24.3 Å². The number of nitro benzene ring substituents is 1. The molecule has 1 aromatic carbocycles. The number of nitrogens with zero attached hydrogens (tertiary/aromatic N) is 3. The van der Waals surface area contributed by atoms with Gasteiger partial charge >= 0.3 is 0 Å². The van der Waals surface area contributed by atoms with E-state index in [0.29, 0.717) is 11.6 Å². The second kappa shape index (κ2) is 8.26. The van der Waals surface area contributed by atoms with Crippen molar-refractivity contribution in [1.82, 2.24) is 9.97 Å². The molecule has 0 atom stereocenters. The summed E-state index contributed by atoms with van der Waals surface area (Å²) in [5, 5.41) is 16.4. The van der Waals surface area contributed by atoms with E-state index in [0.717, 1.165) is 23.3 Å². The molecule has 3 rings (SSSR count). The molecule has 29 heavy (non-hydrogen) atoms. The molecular formula is C20H17N5O4. The number of nitro groups is 1. The van der Waals surface area contributed by atoms with E-state index in [-0.39, 0.29) is 16.8 Å². The van der Waals surface area contributed by atoms with Crippen molar-refractivity contribution >= 4 is 29.1 Å². The number of hydrogen-bond acceptors (Lipinski definition) is 6. The molecule has 2 aromatic heterocycles. The van der Waals surface area contributed by atoms with Gasteiger partial charge in [0.05, 0.1) is 4.92 Å². The summed E-state index contributed by atoms with van der Waals surface area (Å²) in [7, 11) is 0. The van der Waals surface area contributed by atoms with Gasteiger partial charge in [0, 0.05) is 35.7 Å². The van der Waals surface area contributed by atoms with E-state index in [2.05, 4.69) is 20.6 Å². The van der Waals surface area contributed by atoms with Crippen LogP contribution in [0.15, 0.2) is 54.9 Å². The molecule has 0 unspecified atom stereocenters. The summed E-state index contributed by atoms with van der Waals surface area (Å²) in [6.45, 7) is 3.68. The first-order valence-corrected chi connectivity index (χ1v) is 8.59. The molecule has 0 aliphatic carbocycles. The quantitative estimate of drug-likeness (QED) is 0.506. The van der Waals surface area contributed by atoms with E-state index in [9.17, 15) is 19.7 Å². The lowest BCUT2D eigenvalue weighted by Gasteiger charge is -2.08. The van der Waals surface area contributed by atoms with Gasteiger partial charge in [-0.3, -0.25) is 19.7 Å². The number of hydrogen-bond donors (Lipinski definition) is 2. The zero-order valence-electron chi connectivity index (χ0n) is 15.7. The fourth-order valence-corrected chi connectivity index (χ4v) is 2.56. The van der Waals surface area contributed by atoms with Crippen LogP contribution in [-0.2, 0) is 0 Å². The molecule has 3 aromatic rings. The van der Waals surface area contributed by atoms with E-state index in [1.807, 2.05) is 13.8 Å². The maximum absolute atomic E-state index is 12.6. The van der Waals surface area contributed by atoms with Crippen molar-refractivity contribution in [2.45, 2.75) is 13.8 Å². The standard InChI is InChI=1S/C20H17N5O4/c1-12-3-5-21-17(7-12)23-19(26)14-9-15(11-16(10-14)25(28)29)20(27)24-18-8-13(2)4-6-22-18/h3-11H,1-2H3,(H,21,23,26)(H,22,24,27). The molecule has 0 aliphatic rings. The number of aryl methyl sites for hydroxylation is 2. The topological polar surface area (TPSA) is 127 Å². The number of nitrogens with one attached hydrogen (secondary N) is 2. The van der Waals surface area contributed by atoms with E-state index >= 15 is 0 Å². The summed E-state index contributed by atoms with van der Waals surface area (Å²) in [6, 6.07) is 10.3. The summed E-state index contributed by atoms with van der Waals surface area (Å²) in [4.78, 5) is 43.8. The SMILES string of the molecule is Cc1ccnc(NC(=O)c2cc(C(=O)Nc3cc(C)ccn3)cc([N+](=O)[O-])c2)c1. The number of non-ortho nitro benzene ring substituents is 1. The highest BCUT2D eigenvalue weighted by molar-refractivity contribution is 6.09. The van der Waals surface area contributed by atoms with Crippen LogP contribution in [0.4, 0.5) is 17.3 Å². The Kier molecular flexibility index (Phi) is 5.59. The second-order valence-corrected chi connectivity index (χ2v) is 6.37. The van der Waals surface area contributed by atoms with Gasteiger partial charge in [-0.2, -0.15) is 0 Å². The van der Waals surface area contributed by atoms with Gasteiger partial charge in [-0.05, 0) is 55.3 Å². The smallest absolute Gasteiger partial charge is 0.271 e. The number of benzene rings is 1. The Labute approximate surface area is 166 Å². The normalized spacial score (nSPS) is 10.3. The fraction of sp³-hybridized carbons (Fsp3) is 0.100. The minimum absolute atomic E-state index is 0.0372. The Hall–Kier alpha value is -4.14. The van der Waals surface area contributed by atoms with E-state index < -0.39 is 16.7 Å². The van der Waals surface area contributed by atoms with Crippen LogP contribution in [0.2, 0.25) is 0 Å². The number of anilines is 2.